The summed E-state index contributed by atoms with van der Waals surface area (Å²) in [5.41, 5.74) is -0.528. The summed E-state index contributed by atoms with van der Waals surface area (Å²) in [6.07, 6.45) is 0. The maximum absolute atomic E-state index is 10.5. The highest BCUT2D eigenvalue weighted by molar-refractivity contribution is 7.88. The maximum Gasteiger partial charge on any atom is 0.304 e. The molecule has 0 atom stereocenters. The average molecular weight is 244 g/mol. The van der Waals surface area contributed by atoms with Crippen LogP contribution in [0.25, 0.3) is 0 Å². The zero-order valence-electron chi connectivity index (χ0n) is 5.80. The second-order valence-corrected chi connectivity index (χ2v) is 5.26. The smallest absolute Gasteiger partial charge is 0.281 e. The van der Waals surface area contributed by atoms with Crippen molar-refractivity contribution < 1.29 is 17.9 Å². The lowest BCUT2D eigenvalue weighted by molar-refractivity contribution is -0.384. The van der Waals surface area contributed by atoms with Crippen molar-refractivity contribution in [3.8, 4) is 0 Å². The summed E-state index contributed by atoms with van der Waals surface area (Å²) in [6, 6.07) is 0.711. The minimum Gasteiger partial charge on any atom is -0.281 e. The van der Waals surface area contributed by atoms with E-state index in [-0.39, 0.29) is 4.34 Å². The van der Waals surface area contributed by atoms with Gasteiger partial charge in [-0.05, 0) is 0 Å². The molecule has 0 radical (unpaired) electrons. The van der Waals surface area contributed by atoms with Crippen LogP contribution in [-0.4, -0.2) is 17.9 Å². The van der Waals surface area contributed by atoms with E-state index in [9.17, 15) is 18.5 Å². The number of thiophene rings is 1. The standard InChI is InChI=1S/C4H2ClNO5S2/c5-4-2(6(7)8)1-3(12-4)13(9,10)11/h1H,(H,9,10,11). The Morgan fingerprint density at radius 2 is 2.15 bits per heavy atom. The zero-order chi connectivity index (χ0) is 10.2. The third kappa shape index (κ3) is 2.15. The van der Waals surface area contributed by atoms with Crippen LogP contribution in [-0.2, 0) is 10.1 Å². The van der Waals surface area contributed by atoms with Crippen molar-refractivity contribution in [1.29, 1.82) is 0 Å². The second kappa shape index (κ2) is 3.22. The molecule has 0 bridgehead atoms. The molecule has 1 heterocycles. The van der Waals surface area contributed by atoms with Crippen LogP contribution in [0.3, 0.4) is 0 Å². The highest BCUT2D eigenvalue weighted by Crippen LogP contribution is 2.35. The zero-order valence-corrected chi connectivity index (χ0v) is 8.19. The predicted octanol–water partition coefficient (Wildman–Crippen LogP) is 1.56. The Kier molecular flexibility index (Phi) is 2.57. The van der Waals surface area contributed by atoms with Gasteiger partial charge in [0.2, 0.25) is 0 Å². The fourth-order valence-electron chi connectivity index (χ4n) is 0.590. The topological polar surface area (TPSA) is 97.5 Å². The summed E-state index contributed by atoms with van der Waals surface area (Å²) >= 11 is 5.78. The Hall–Kier alpha value is -0.700. The molecule has 0 unspecified atom stereocenters. The summed E-state index contributed by atoms with van der Waals surface area (Å²) in [4.78, 5) is 9.39. The average Bonchev–Trinajstić information content (AvgIpc) is 2.29. The Morgan fingerprint density at radius 1 is 1.62 bits per heavy atom. The van der Waals surface area contributed by atoms with Gasteiger partial charge >= 0.3 is 10.1 Å². The van der Waals surface area contributed by atoms with Gasteiger partial charge in [-0.15, -0.1) is 11.3 Å². The van der Waals surface area contributed by atoms with Crippen molar-refractivity contribution in [2.75, 3.05) is 0 Å². The minimum atomic E-state index is -4.41. The molecule has 1 N–H and O–H groups in total. The van der Waals surface area contributed by atoms with Gasteiger partial charge in [0.15, 0.2) is 8.55 Å². The van der Waals surface area contributed by atoms with Crippen molar-refractivity contribution in [1.82, 2.24) is 0 Å². The third-order valence-corrected chi connectivity index (χ3v) is 3.74. The van der Waals surface area contributed by atoms with E-state index in [0.717, 1.165) is 0 Å². The SMILES string of the molecule is O=[N+]([O-])c1cc(S(=O)(=O)O)sc1Cl. The monoisotopic (exact) mass is 243 g/mol. The highest BCUT2D eigenvalue weighted by Gasteiger charge is 2.23. The molecule has 0 aromatic carbocycles. The van der Waals surface area contributed by atoms with Crippen LogP contribution in [0.5, 0.6) is 0 Å². The minimum absolute atomic E-state index is 0.280. The molecule has 0 spiro atoms. The lowest BCUT2D eigenvalue weighted by Crippen LogP contribution is -1.93. The van der Waals surface area contributed by atoms with E-state index in [4.69, 9.17) is 16.2 Å². The Balaban J connectivity index is 3.33. The van der Waals surface area contributed by atoms with E-state index >= 15 is 0 Å². The van der Waals surface area contributed by atoms with E-state index in [1.165, 1.54) is 0 Å². The first kappa shape index (κ1) is 10.4. The fourth-order valence-corrected chi connectivity index (χ4v) is 2.62. The van der Waals surface area contributed by atoms with Crippen LogP contribution in [0.2, 0.25) is 4.34 Å². The first-order valence-corrected chi connectivity index (χ1v) is 5.37. The van der Waals surface area contributed by atoms with E-state index in [1.54, 1.807) is 0 Å². The number of halogens is 1. The molecule has 0 fully saturated rings. The lowest BCUT2D eigenvalue weighted by atomic mass is 10.6. The van der Waals surface area contributed by atoms with Crippen LogP contribution < -0.4 is 0 Å². The first-order chi connectivity index (χ1) is 5.82. The Labute approximate surface area is 81.7 Å². The third-order valence-electron chi connectivity index (χ3n) is 1.10. The van der Waals surface area contributed by atoms with Crippen LogP contribution in [0.15, 0.2) is 10.3 Å². The number of nitro groups is 1. The first-order valence-electron chi connectivity index (χ1n) is 2.73. The van der Waals surface area contributed by atoms with E-state index in [2.05, 4.69) is 0 Å². The quantitative estimate of drug-likeness (QED) is 0.483. The molecule has 0 saturated carbocycles. The van der Waals surface area contributed by atoms with Crippen molar-refractivity contribution in [3.63, 3.8) is 0 Å². The Bertz CT molecular complexity index is 449. The van der Waals surface area contributed by atoms with Gasteiger partial charge in [-0.2, -0.15) is 8.42 Å². The number of rotatable bonds is 2. The molecule has 0 amide bonds. The van der Waals surface area contributed by atoms with Crippen molar-refractivity contribution in [2.45, 2.75) is 4.21 Å². The summed E-state index contributed by atoms with van der Waals surface area (Å²) in [6.45, 7) is 0. The van der Waals surface area contributed by atoms with Crippen molar-refractivity contribution >= 4 is 38.7 Å². The number of hydrogen-bond donors (Lipinski definition) is 1. The summed E-state index contributed by atoms with van der Waals surface area (Å²) < 4.78 is 28.7. The molecule has 1 aromatic rings. The van der Waals surface area contributed by atoms with E-state index < -0.39 is 24.9 Å². The van der Waals surface area contributed by atoms with Crippen molar-refractivity contribution in [3.05, 3.63) is 20.5 Å². The normalized spacial score (nSPS) is 11.5. The Morgan fingerprint density at radius 3 is 2.38 bits per heavy atom. The molecule has 0 saturated heterocycles. The number of nitrogens with zero attached hydrogens (tertiary/aromatic N) is 1. The molecule has 1 rings (SSSR count). The van der Waals surface area contributed by atoms with Crippen LogP contribution in [0.4, 0.5) is 5.69 Å². The van der Waals surface area contributed by atoms with Gasteiger partial charge in [0, 0.05) is 6.07 Å². The predicted molar refractivity (Wildman–Crippen MR) is 45.8 cm³/mol. The highest BCUT2D eigenvalue weighted by atomic mass is 35.5. The lowest BCUT2D eigenvalue weighted by Gasteiger charge is -1.84. The molecular formula is C4H2ClNO5S2. The van der Waals surface area contributed by atoms with E-state index in [0.29, 0.717) is 17.4 Å². The van der Waals surface area contributed by atoms with E-state index in [1.807, 2.05) is 0 Å². The summed E-state index contributed by atoms with van der Waals surface area (Å²) in [5.74, 6) is 0. The molecule has 0 aliphatic rings. The largest absolute Gasteiger partial charge is 0.304 e. The summed E-state index contributed by atoms with van der Waals surface area (Å²) in [5, 5.41) is 10.2. The van der Waals surface area contributed by atoms with Gasteiger partial charge in [-0.25, -0.2) is 0 Å². The summed E-state index contributed by atoms with van der Waals surface area (Å²) in [7, 11) is -4.41. The molecule has 9 heteroatoms. The molecule has 6 nitrogen and oxygen atoms in total. The molecule has 13 heavy (non-hydrogen) atoms. The van der Waals surface area contributed by atoms with Gasteiger partial charge in [0.1, 0.15) is 0 Å². The van der Waals surface area contributed by atoms with Gasteiger partial charge in [0.05, 0.1) is 4.92 Å². The van der Waals surface area contributed by atoms with Gasteiger partial charge in [-0.3, -0.25) is 14.7 Å². The van der Waals surface area contributed by atoms with Gasteiger partial charge < -0.3 is 0 Å². The molecule has 72 valence electrons. The maximum atomic E-state index is 10.5. The fraction of sp³-hybridized carbons (Fsp3) is 0. The van der Waals surface area contributed by atoms with Gasteiger partial charge in [-0.1, -0.05) is 11.6 Å². The molecule has 1 aromatic heterocycles. The second-order valence-electron chi connectivity index (χ2n) is 1.96. The van der Waals surface area contributed by atoms with Crippen LogP contribution >= 0.6 is 22.9 Å². The van der Waals surface area contributed by atoms with Crippen LogP contribution in [0, 0.1) is 10.1 Å². The molecule has 0 aliphatic carbocycles. The van der Waals surface area contributed by atoms with Gasteiger partial charge in [0.25, 0.3) is 5.69 Å². The van der Waals surface area contributed by atoms with Crippen molar-refractivity contribution in [2.24, 2.45) is 0 Å². The molecular weight excluding hydrogens is 242 g/mol. The number of hydrogen-bond acceptors (Lipinski definition) is 5. The van der Waals surface area contributed by atoms with Crippen LogP contribution in [0.1, 0.15) is 0 Å². The molecule has 0 aliphatic heterocycles.